The molecule has 0 N–H and O–H groups in total. The van der Waals surface area contributed by atoms with Crippen molar-refractivity contribution in [3.05, 3.63) is 0 Å². The lowest BCUT2D eigenvalue weighted by Gasteiger charge is -2.32. The van der Waals surface area contributed by atoms with Gasteiger partial charge in [-0.15, -0.1) is 0 Å². The number of hydrogen-bond donors (Lipinski definition) is 0. The van der Waals surface area contributed by atoms with Crippen LogP contribution in [0.4, 0.5) is 0 Å². The molecule has 4 atom stereocenters. The number of fused-ring (bicyclic) bond motifs is 3. The van der Waals surface area contributed by atoms with Gasteiger partial charge in [0, 0.05) is 5.92 Å². The van der Waals surface area contributed by atoms with Crippen LogP contribution in [-0.2, 0) is 9.47 Å². The Morgan fingerprint density at radius 2 is 1.91 bits per heavy atom. The molecule has 0 radical (unpaired) electrons. The van der Waals surface area contributed by atoms with E-state index in [1.807, 2.05) is 0 Å². The first-order chi connectivity index (χ1) is 5.45. The predicted molar refractivity (Wildman–Crippen MR) is 40.4 cm³/mol. The van der Waals surface area contributed by atoms with Crippen molar-refractivity contribution in [1.82, 2.24) is 0 Å². The molecular weight excluding hydrogens is 140 g/mol. The van der Waals surface area contributed by atoms with Crippen molar-refractivity contribution in [2.45, 2.75) is 44.0 Å². The van der Waals surface area contributed by atoms with Gasteiger partial charge in [-0.1, -0.05) is 12.8 Å². The maximum atomic E-state index is 5.71. The van der Waals surface area contributed by atoms with Crippen molar-refractivity contribution < 1.29 is 9.47 Å². The van der Waals surface area contributed by atoms with Gasteiger partial charge in [-0.05, 0) is 12.8 Å². The van der Waals surface area contributed by atoms with E-state index in [9.17, 15) is 0 Å². The highest BCUT2D eigenvalue weighted by Gasteiger charge is 2.52. The first-order valence-electron chi connectivity index (χ1n) is 4.72. The van der Waals surface area contributed by atoms with Crippen LogP contribution in [0.25, 0.3) is 0 Å². The molecule has 62 valence electrons. The SMILES string of the molecule is C1CC[C@@H]2OC[C@H]3O[C@@H]3[C@H]2C1. The second-order valence-electron chi connectivity index (χ2n) is 3.96. The van der Waals surface area contributed by atoms with E-state index in [4.69, 9.17) is 9.47 Å². The van der Waals surface area contributed by atoms with E-state index in [0.29, 0.717) is 18.3 Å². The van der Waals surface area contributed by atoms with E-state index in [-0.39, 0.29) is 0 Å². The third-order valence-electron chi connectivity index (χ3n) is 3.27. The van der Waals surface area contributed by atoms with Crippen LogP contribution in [0.5, 0.6) is 0 Å². The smallest absolute Gasteiger partial charge is 0.108 e. The molecule has 0 spiro atoms. The number of rotatable bonds is 0. The Balaban J connectivity index is 1.76. The Bertz CT molecular complexity index is 169. The molecule has 11 heavy (non-hydrogen) atoms. The molecule has 2 nitrogen and oxygen atoms in total. The standard InChI is InChI=1S/C9H14O2/c1-2-4-7-6(3-1)9-8(11-9)5-10-7/h6-9H,1-5H2/t6-,7-,8+,9+/m0/s1. The Hall–Kier alpha value is -0.0800. The Morgan fingerprint density at radius 1 is 1.00 bits per heavy atom. The highest BCUT2D eigenvalue weighted by atomic mass is 16.6. The predicted octanol–water partition coefficient (Wildman–Crippen LogP) is 1.34. The summed E-state index contributed by atoms with van der Waals surface area (Å²) in [5.41, 5.74) is 0. The maximum absolute atomic E-state index is 5.71. The summed E-state index contributed by atoms with van der Waals surface area (Å²) in [4.78, 5) is 0. The van der Waals surface area contributed by atoms with Crippen molar-refractivity contribution in [3.63, 3.8) is 0 Å². The van der Waals surface area contributed by atoms with Gasteiger partial charge in [-0.2, -0.15) is 0 Å². The highest BCUT2D eigenvalue weighted by molar-refractivity contribution is 4.98. The fourth-order valence-corrected chi connectivity index (χ4v) is 2.59. The number of hydrogen-bond acceptors (Lipinski definition) is 2. The van der Waals surface area contributed by atoms with Gasteiger partial charge < -0.3 is 9.47 Å². The molecular formula is C9H14O2. The summed E-state index contributed by atoms with van der Waals surface area (Å²) in [6, 6.07) is 0. The molecule has 0 unspecified atom stereocenters. The van der Waals surface area contributed by atoms with E-state index in [1.54, 1.807) is 0 Å². The first kappa shape index (κ1) is 6.44. The molecule has 0 aromatic heterocycles. The average Bonchev–Trinajstić information content (AvgIpc) is 2.83. The largest absolute Gasteiger partial charge is 0.375 e. The normalized spacial score (nSPS) is 54.5. The fraction of sp³-hybridized carbons (Fsp3) is 1.00. The quantitative estimate of drug-likeness (QED) is 0.491. The van der Waals surface area contributed by atoms with Gasteiger partial charge >= 0.3 is 0 Å². The molecule has 2 heterocycles. The zero-order valence-corrected chi connectivity index (χ0v) is 6.66. The summed E-state index contributed by atoms with van der Waals surface area (Å²) >= 11 is 0. The van der Waals surface area contributed by atoms with Gasteiger partial charge in [0.15, 0.2) is 0 Å². The monoisotopic (exact) mass is 154 g/mol. The highest BCUT2D eigenvalue weighted by Crippen LogP contribution is 2.43. The van der Waals surface area contributed by atoms with Crippen molar-refractivity contribution >= 4 is 0 Å². The van der Waals surface area contributed by atoms with E-state index in [2.05, 4.69) is 0 Å². The van der Waals surface area contributed by atoms with Crippen molar-refractivity contribution in [1.29, 1.82) is 0 Å². The lowest BCUT2D eigenvalue weighted by molar-refractivity contribution is -0.0305. The van der Waals surface area contributed by atoms with E-state index >= 15 is 0 Å². The average molecular weight is 154 g/mol. The molecule has 2 saturated heterocycles. The van der Waals surface area contributed by atoms with Gasteiger partial charge in [-0.3, -0.25) is 0 Å². The summed E-state index contributed by atoms with van der Waals surface area (Å²) in [5.74, 6) is 0.752. The Kier molecular flexibility index (Phi) is 1.29. The van der Waals surface area contributed by atoms with Crippen LogP contribution in [0.2, 0.25) is 0 Å². The second-order valence-corrected chi connectivity index (χ2v) is 3.96. The van der Waals surface area contributed by atoms with Crippen molar-refractivity contribution in [3.8, 4) is 0 Å². The summed E-state index contributed by atoms with van der Waals surface area (Å²) in [5, 5.41) is 0. The molecule has 0 bridgehead atoms. The minimum Gasteiger partial charge on any atom is -0.375 e. The zero-order chi connectivity index (χ0) is 7.26. The summed E-state index contributed by atoms with van der Waals surface area (Å²) in [6.45, 7) is 0.867. The molecule has 1 aliphatic carbocycles. The topological polar surface area (TPSA) is 21.8 Å². The molecule has 3 fully saturated rings. The third kappa shape index (κ3) is 0.926. The zero-order valence-electron chi connectivity index (χ0n) is 6.66. The molecule has 0 aromatic rings. The fourth-order valence-electron chi connectivity index (χ4n) is 2.59. The molecule has 0 aromatic carbocycles. The summed E-state index contributed by atoms with van der Waals surface area (Å²) in [6.07, 6.45) is 6.98. The molecule has 2 heteroatoms. The van der Waals surface area contributed by atoms with Crippen LogP contribution in [0, 0.1) is 5.92 Å². The van der Waals surface area contributed by atoms with Gasteiger partial charge in [0.2, 0.25) is 0 Å². The molecule has 3 rings (SSSR count). The van der Waals surface area contributed by atoms with Gasteiger partial charge in [0.05, 0.1) is 18.8 Å². The van der Waals surface area contributed by atoms with Gasteiger partial charge in [-0.25, -0.2) is 0 Å². The van der Waals surface area contributed by atoms with Crippen LogP contribution in [-0.4, -0.2) is 24.9 Å². The molecule has 2 aliphatic heterocycles. The van der Waals surface area contributed by atoms with Crippen LogP contribution in [0.1, 0.15) is 25.7 Å². The van der Waals surface area contributed by atoms with Crippen LogP contribution in [0.15, 0.2) is 0 Å². The minimum atomic E-state index is 0.481. The third-order valence-corrected chi connectivity index (χ3v) is 3.27. The Labute approximate surface area is 66.9 Å². The molecule has 0 amide bonds. The van der Waals surface area contributed by atoms with Crippen LogP contribution < -0.4 is 0 Å². The lowest BCUT2D eigenvalue weighted by Crippen LogP contribution is -2.37. The molecule has 3 aliphatic rings. The van der Waals surface area contributed by atoms with E-state index in [0.717, 1.165) is 12.5 Å². The first-order valence-corrected chi connectivity index (χ1v) is 4.72. The van der Waals surface area contributed by atoms with Gasteiger partial charge in [0.25, 0.3) is 0 Å². The summed E-state index contributed by atoms with van der Waals surface area (Å²) in [7, 11) is 0. The van der Waals surface area contributed by atoms with Crippen LogP contribution >= 0.6 is 0 Å². The lowest BCUT2D eigenvalue weighted by atomic mass is 9.82. The minimum absolute atomic E-state index is 0.481. The van der Waals surface area contributed by atoms with Gasteiger partial charge in [0.1, 0.15) is 6.10 Å². The number of epoxide rings is 1. The Morgan fingerprint density at radius 3 is 2.91 bits per heavy atom. The maximum Gasteiger partial charge on any atom is 0.108 e. The number of ether oxygens (including phenoxy) is 2. The van der Waals surface area contributed by atoms with Crippen LogP contribution in [0.3, 0.4) is 0 Å². The summed E-state index contributed by atoms with van der Waals surface area (Å²) < 4.78 is 11.2. The van der Waals surface area contributed by atoms with Crippen molar-refractivity contribution in [2.75, 3.05) is 6.61 Å². The second kappa shape index (κ2) is 2.20. The van der Waals surface area contributed by atoms with Crippen molar-refractivity contribution in [2.24, 2.45) is 5.92 Å². The van der Waals surface area contributed by atoms with E-state index < -0.39 is 0 Å². The van der Waals surface area contributed by atoms with E-state index in [1.165, 1.54) is 25.7 Å². The molecule has 1 saturated carbocycles.